The van der Waals surface area contributed by atoms with Gasteiger partial charge in [0.1, 0.15) is 19.3 Å². The van der Waals surface area contributed by atoms with Crippen molar-refractivity contribution in [2.24, 2.45) is 0 Å². The van der Waals surface area contributed by atoms with Crippen molar-refractivity contribution in [3.8, 4) is 11.5 Å². The smallest absolute Gasteiger partial charge is 0.242 e. The third-order valence-electron chi connectivity index (χ3n) is 5.22. The molecule has 2 aromatic carbocycles. The van der Waals surface area contributed by atoms with E-state index < -0.39 is 6.04 Å². The molecule has 0 aliphatic carbocycles. The van der Waals surface area contributed by atoms with E-state index in [1.54, 1.807) is 25.1 Å². The summed E-state index contributed by atoms with van der Waals surface area (Å²) in [5, 5.41) is 3.79. The molecule has 1 aliphatic heterocycles. The zero-order chi connectivity index (χ0) is 23.3. The van der Waals surface area contributed by atoms with Crippen molar-refractivity contribution >= 4 is 35.0 Å². The fraction of sp³-hybridized carbons (Fsp3) is 0.417. The molecule has 1 atom stereocenters. The van der Waals surface area contributed by atoms with Crippen molar-refractivity contribution in [1.29, 1.82) is 0 Å². The molecule has 0 saturated carbocycles. The number of rotatable bonds is 8. The van der Waals surface area contributed by atoms with Gasteiger partial charge in [-0.15, -0.1) is 0 Å². The Bertz CT molecular complexity index is 960. The van der Waals surface area contributed by atoms with Gasteiger partial charge in [-0.25, -0.2) is 0 Å². The zero-order valence-corrected chi connectivity index (χ0v) is 20.0. The van der Waals surface area contributed by atoms with Gasteiger partial charge in [-0.3, -0.25) is 9.59 Å². The summed E-state index contributed by atoms with van der Waals surface area (Å²) in [5.41, 5.74) is 1.57. The van der Waals surface area contributed by atoms with Crippen LogP contribution in [0.2, 0.25) is 10.0 Å². The van der Waals surface area contributed by atoms with Crippen LogP contribution in [-0.2, 0) is 22.6 Å². The standard InChI is InChI=1S/C24H28Cl2N2O4/c1-15(2)27-24(30)16(3)28(14-18-19(25)5-4-6-20(18)26)23(29)10-8-17-7-9-21-22(13-17)32-12-11-31-21/h4-7,9,13,15-16H,8,10-12,14H2,1-3H3,(H,27,30). The number of ether oxygens (including phenoxy) is 2. The Balaban J connectivity index is 1.77. The lowest BCUT2D eigenvalue weighted by molar-refractivity contribution is -0.140. The van der Waals surface area contributed by atoms with Crippen LogP contribution in [0.3, 0.4) is 0 Å². The minimum absolute atomic E-state index is 0.0384. The Hall–Kier alpha value is -2.44. The number of hydrogen-bond donors (Lipinski definition) is 1. The van der Waals surface area contributed by atoms with E-state index in [-0.39, 0.29) is 30.8 Å². The average molecular weight is 479 g/mol. The first-order valence-corrected chi connectivity index (χ1v) is 11.4. The van der Waals surface area contributed by atoms with Crippen molar-refractivity contribution in [2.45, 2.75) is 52.2 Å². The minimum atomic E-state index is -0.683. The largest absolute Gasteiger partial charge is 0.486 e. The van der Waals surface area contributed by atoms with Crippen LogP contribution in [0.1, 0.15) is 38.3 Å². The SMILES string of the molecule is CC(C)NC(=O)C(C)N(Cc1c(Cl)cccc1Cl)C(=O)CCc1ccc2c(c1)OCCO2. The third-order valence-corrected chi connectivity index (χ3v) is 5.93. The monoisotopic (exact) mass is 478 g/mol. The fourth-order valence-electron chi connectivity index (χ4n) is 3.48. The number of amides is 2. The lowest BCUT2D eigenvalue weighted by Gasteiger charge is -2.30. The van der Waals surface area contributed by atoms with Crippen molar-refractivity contribution in [1.82, 2.24) is 10.2 Å². The molecule has 8 heteroatoms. The molecule has 0 radical (unpaired) electrons. The normalized spacial score (nSPS) is 13.6. The summed E-state index contributed by atoms with van der Waals surface area (Å²) < 4.78 is 11.2. The first-order valence-electron chi connectivity index (χ1n) is 10.7. The van der Waals surface area contributed by atoms with Crippen LogP contribution in [0.25, 0.3) is 0 Å². The second-order valence-corrected chi connectivity index (χ2v) is 8.85. The predicted molar refractivity (Wildman–Crippen MR) is 126 cm³/mol. The van der Waals surface area contributed by atoms with Gasteiger partial charge in [0.15, 0.2) is 11.5 Å². The highest BCUT2D eigenvalue weighted by molar-refractivity contribution is 6.36. The van der Waals surface area contributed by atoms with Crippen molar-refractivity contribution in [3.63, 3.8) is 0 Å². The van der Waals surface area contributed by atoms with Crippen LogP contribution in [0.15, 0.2) is 36.4 Å². The second kappa shape index (κ2) is 10.9. The molecule has 172 valence electrons. The lowest BCUT2D eigenvalue weighted by Crippen LogP contribution is -2.49. The number of nitrogens with one attached hydrogen (secondary N) is 1. The van der Waals surface area contributed by atoms with Gasteiger partial charge in [-0.1, -0.05) is 35.3 Å². The van der Waals surface area contributed by atoms with E-state index in [9.17, 15) is 9.59 Å². The maximum Gasteiger partial charge on any atom is 0.242 e. The predicted octanol–water partition coefficient (Wildman–Crippen LogP) is 4.64. The van der Waals surface area contributed by atoms with E-state index in [1.807, 2.05) is 32.0 Å². The molecule has 1 N–H and O–H groups in total. The molecule has 32 heavy (non-hydrogen) atoms. The van der Waals surface area contributed by atoms with Crippen LogP contribution in [0, 0.1) is 0 Å². The molecule has 0 aromatic heterocycles. The number of carbonyl (C=O) groups is 2. The highest BCUT2D eigenvalue weighted by atomic mass is 35.5. The van der Waals surface area contributed by atoms with Gasteiger partial charge < -0.3 is 19.7 Å². The summed E-state index contributed by atoms with van der Waals surface area (Å²) in [7, 11) is 0. The summed E-state index contributed by atoms with van der Waals surface area (Å²) in [6.45, 7) is 6.65. The minimum Gasteiger partial charge on any atom is -0.486 e. The zero-order valence-electron chi connectivity index (χ0n) is 18.5. The van der Waals surface area contributed by atoms with Crippen LogP contribution in [0.4, 0.5) is 0 Å². The van der Waals surface area contributed by atoms with Gasteiger partial charge in [0.05, 0.1) is 0 Å². The first kappa shape index (κ1) is 24.2. The van der Waals surface area contributed by atoms with Crippen LogP contribution >= 0.6 is 23.2 Å². The summed E-state index contributed by atoms with van der Waals surface area (Å²) in [4.78, 5) is 27.5. The molecular formula is C24H28Cl2N2O4. The first-order chi connectivity index (χ1) is 15.3. The number of benzene rings is 2. The molecule has 1 unspecified atom stereocenters. The molecule has 0 saturated heterocycles. The summed E-state index contributed by atoms with van der Waals surface area (Å²) in [5.74, 6) is 1.00. The highest BCUT2D eigenvalue weighted by Crippen LogP contribution is 2.31. The number of fused-ring (bicyclic) bond motifs is 1. The molecule has 1 aliphatic rings. The molecule has 0 fully saturated rings. The van der Waals surface area contributed by atoms with Crippen LogP contribution in [0.5, 0.6) is 11.5 Å². The van der Waals surface area contributed by atoms with Gasteiger partial charge in [0.25, 0.3) is 0 Å². The van der Waals surface area contributed by atoms with E-state index in [0.717, 1.165) is 5.56 Å². The number of nitrogens with zero attached hydrogens (tertiary/aromatic N) is 1. The Kier molecular flexibility index (Phi) is 8.26. The molecular weight excluding hydrogens is 451 g/mol. The van der Waals surface area contributed by atoms with Gasteiger partial charge in [0, 0.05) is 34.6 Å². The Morgan fingerprint density at radius 2 is 1.69 bits per heavy atom. The quantitative estimate of drug-likeness (QED) is 0.599. The Morgan fingerprint density at radius 3 is 2.34 bits per heavy atom. The molecule has 1 heterocycles. The fourth-order valence-corrected chi connectivity index (χ4v) is 4.00. The van der Waals surface area contributed by atoms with Gasteiger partial charge >= 0.3 is 0 Å². The maximum absolute atomic E-state index is 13.3. The summed E-state index contributed by atoms with van der Waals surface area (Å²) >= 11 is 12.7. The third kappa shape index (κ3) is 6.08. The molecule has 2 aromatic rings. The highest BCUT2D eigenvalue weighted by Gasteiger charge is 2.27. The molecule has 0 spiro atoms. The van der Waals surface area contributed by atoms with Gasteiger partial charge in [0.2, 0.25) is 11.8 Å². The lowest BCUT2D eigenvalue weighted by atomic mass is 10.1. The Labute approximate surface area is 198 Å². The van der Waals surface area contributed by atoms with Crippen LogP contribution in [-0.4, -0.2) is 42.0 Å². The van der Waals surface area contributed by atoms with Crippen molar-refractivity contribution in [3.05, 3.63) is 57.6 Å². The molecule has 0 bridgehead atoms. The summed E-state index contributed by atoms with van der Waals surface area (Å²) in [6, 6.07) is 10.1. The maximum atomic E-state index is 13.3. The van der Waals surface area contributed by atoms with E-state index >= 15 is 0 Å². The van der Waals surface area contributed by atoms with Crippen molar-refractivity contribution < 1.29 is 19.1 Å². The number of aryl methyl sites for hydroxylation is 1. The topological polar surface area (TPSA) is 67.9 Å². The summed E-state index contributed by atoms with van der Waals surface area (Å²) in [6.07, 6.45) is 0.724. The number of carbonyl (C=O) groups excluding carboxylic acids is 2. The molecule has 6 nitrogen and oxygen atoms in total. The van der Waals surface area contributed by atoms with E-state index in [2.05, 4.69) is 5.32 Å². The molecule has 3 rings (SSSR count). The number of halogens is 2. The van der Waals surface area contributed by atoms with E-state index in [0.29, 0.717) is 46.7 Å². The van der Waals surface area contributed by atoms with Gasteiger partial charge in [-0.05, 0) is 57.0 Å². The van der Waals surface area contributed by atoms with Crippen molar-refractivity contribution in [2.75, 3.05) is 13.2 Å². The number of hydrogen-bond acceptors (Lipinski definition) is 4. The second-order valence-electron chi connectivity index (χ2n) is 8.04. The molecule has 2 amide bonds. The average Bonchev–Trinajstić information content (AvgIpc) is 2.76. The van der Waals surface area contributed by atoms with Gasteiger partial charge in [-0.2, -0.15) is 0 Å². The van der Waals surface area contributed by atoms with E-state index in [1.165, 1.54) is 4.90 Å². The Morgan fingerprint density at radius 1 is 1.03 bits per heavy atom. The van der Waals surface area contributed by atoms with Crippen LogP contribution < -0.4 is 14.8 Å². The van der Waals surface area contributed by atoms with E-state index in [4.69, 9.17) is 32.7 Å².